The number of rotatable bonds is 0. The number of carbonyl (C=O) groups is 1. The number of hydrogen-bond acceptors (Lipinski definition) is 3. The molecule has 0 fully saturated rings. The van der Waals surface area contributed by atoms with Crippen LogP contribution in [0.15, 0.2) is 24.3 Å². The molecule has 0 saturated carbocycles. The predicted molar refractivity (Wildman–Crippen MR) is 49.5 cm³/mol. The summed E-state index contributed by atoms with van der Waals surface area (Å²) < 4.78 is 22.3. The van der Waals surface area contributed by atoms with E-state index >= 15 is 0 Å². The maximum absolute atomic E-state index is 11.3. The molecule has 2 aliphatic rings. The van der Waals surface area contributed by atoms with Crippen LogP contribution in [0, 0.1) is 5.92 Å². The first-order chi connectivity index (χ1) is 5.72. The van der Waals surface area contributed by atoms with Crippen LogP contribution in [-0.2, 0) is 24.8 Å². The maximum Gasteiger partial charge on any atom is 0.391 e. The molecular weight excluding hydrogens is 196 g/mol. The van der Waals surface area contributed by atoms with E-state index in [-0.39, 0.29) is 0 Å². The van der Waals surface area contributed by atoms with Gasteiger partial charge in [-0.3, -0.25) is 0 Å². The summed E-state index contributed by atoms with van der Waals surface area (Å²) in [4.78, 5) is 11.7. The molecule has 1 aliphatic carbocycles. The zero-order valence-corrected chi connectivity index (χ0v) is 7.68. The van der Waals surface area contributed by atoms with Gasteiger partial charge in [0.2, 0.25) is 10.2 Å². The van der Waals surface area contributed by atoms with Crippen molar-refractivity contribution in [1.82, 2.24) is 0 Å². The van der Waals surface area contributed by atoms with E-state index < -0.39 is 31.0 Å². The highest BCUT2D eigenvalue weighted by Gasteiger charge is 2.45. The van der Waals surface area contributed by atoms with Crippen LogP contribution in [-0.4, -0.2) is 19.1 Å². The van der Waals surface area contributed by atoms with Gasteiger partial charge in [-0.15, -0.1) is 0 Å². The second-order valence-electron chi connectivity index (χ2n) is 2.47. The molecule has 0 bridgehead atoms. The Morgan fingerprint density at radius 3 is 2.92 bits per heavy atom. The molecule has 0 radical (unpaired) electrons. The fourth-order valence-electron chi connectivity index (χ4n) is 1.19. The minimum atomic E-state index is -1.97. The van der Waals surface area contributed by atoms with Crippen molar-refractivity contribution in [3.63, 3.8) is 0 Å². The Balaban J connectivity index is 2.49. The Labute approximate surface area is 74.5 Å². The molecule has 1 aliphatic heterocycles. The minimum absolute atomic E-state index is 0.424. The van der Waals surface area contributed by atoms with Crippen LogP contribution in [0.3, 0.4) is 0 Å². The summed E-state index contributed by atoms with van der Waals surface area (Å²) in [7, 11) is -3.77. The Hall–Kier alpha value is -0.360. The summed E-state index contributed by atoms with van der Waals surface area (Å²) in [5, 5.41) is -0.424. The first-order valence-electron chi connectivity index (χ1n) is 3.36. The van der Waals surface area contributed by atoms with Gasteiger partial charge < -0.3 is 9.11 Å². The molecule has 1 heterocycles. The Kier molecular flexibility index (Phi) is 1.96. The van der Waals surface area contributed by atoms with Gasteiger partial charge in [0.25, 0.3) is 0 Å². The van der Waals surface area contributed by atoms with Crippen molar-refractivity contribution in [2.75, 3.05) is 0 Å². The van der Waals surface area contributed by atoms with Gasteiger partial charge in [0.05, 0.1) is 0 Å². The van der Waals surface area contributed by atoms with Crippen molar-refractivity contribution in [2.24, 2.45) is 5.92 Å². The van der Waals surface area contributed by atoms with Gasteiger partial charge in [-0.25, -0.2) is 4.79 Å². The zero-order valence-electron chi connectivity index (χ0n) is 5.97. The molecule has 0 saturated heterocycles. The Morgan fingerprint density at radius 1 is 1.50 bits per heavy atom. The van der Waals surface area contributed by atoms with Crippen LogP contribution in [0.4, 0.5) is 0 Å². The number of carbonyl (C=O) groups excluding carboxylic acids is 1. The van der Waals surface area contributed by atoms with Crippen molar-refractivity contribution in [3.8, 4) is 0 Å². The average Bonchev–Trinajstić information content (AvgIpc) is 2.33. The van der Waals surface area contributed by atoms with Crippen LogP contribution in [0.25, 0.3) is 0 Å². The summed E-state index contributed by atoms with van der Waals surface area (Å²) in [5.74, 6) is -0.487. The normalized spacial score (nSPS) is 39.0. The zero-order chi connectivity index (χ0) is 8.72. The van der Waals surface area contributed by atoms with Crippen molar-refractivity contribution >= 4 is 30.0 Å². The molecule has 0 aromatic heterocycles. The lowest BCUT2D eigenvalue weighted by molar-refractivity contribution is -0.112. The predicted octanol–water partition coefficient (Wildman–Crippen LogP) is -0.414. The van der Waals surface area contributed by atoms with Gasteiger partial charge in [0.1, 0.15) is 0 Å². The third-order valence-corrected chi connectivity index (χ3v) is 5.61. The first-order valence-corrected chi connectivity index (χ1v) is 6.38. The molecule has 64 valence electrons. The molecule has 12 heavy (non-hydrogen) atoms. The molecule has 0 aromatic rings. The quantitative estimate of drug-likeness (QED) is 0.232. The topological polar surface area (TPSA) is 63.2 Å². The van der Waals surface area contributed by atoms with E-state index in [1.807, 2.05) is 0 Å². The lowest BCUT2D eigenvalue weighted by Crippen LogP contribution is -2.18. The highest BCUT2D eigenvalue weighted by Crippen LogP contribution is 2.24. The van der Waals surface area contributed by atoms with E-state index in [1.54, 1.807) is 24.3 Å². The van der Waals surface area contributed by atoms with Gasteiger partial charge in [0.15, 0.2) is 10.8 Å². The summed E-state index contributed by atoms with van der Waals surface area (Å²) in [6.07, 6.45) is 6.66. The summed E-state index contributed by atoms with van der Waals surface area (Å²) >= 11 is 0. The van der Waals surface area contributed by atoms with Gasteiger partial charge in [0, 0.05) is 9.80 Å². The summed E-state index contributed by atoms with van der Waals surface area (Å²) in [6, 6.07) is 0. The standard InChI is InChI=1S/C7H6O3S2/c8-7-5-3-1-2-4-6(5)11(9)12(7)10/h1-5,11H. The fraction of sp³-hybridized carbons (Fsp3) is 0.143. The Morgan fingerprint density at radius 2 is 2.25 bits per heavy atom. The van der Waals surface area contributed by atoms with E-state index in [1.165, 1.54) is 0 Å². The van der Waals surface area contributed by atoms with Gasteiger partial charge in [-0.2, -0.15) is 0 Å². The van der Waals surface area contributed by atoms with Crippen molar-refractivity contribution in [1.29, 1.82) is 0 Å². The van der Waals surface area contributed by atoms with Gasteiger partial charge in [-0.05, 0) is 6.08 Å². The molecular formula is C7H6O3S2. The SMILES string of the molecule is O=C1C2C=CC=CC2=[SH+]([O-])[S+]1[O-]. The first kappa shape index (κ1) is 8.25. The van der Waals surface area contributed by atoms with Crippen molar-refractivity contribution in [3.05, 3.63) is 24.3 Å². The number of thiol groups is 1. The second-order valence-corrected chi connectivity index (χ2v) is 6.39. The third-order valence-electron chi connectivity index (χ3n) is 1.79. The molecule has 3 unspecified atom stereocenters. The second kappa shape index (κ2) is 2.85. The monoisotopic (exact) mass is 202 g/mol. The lowest BCUT2D eigenvalue weighted by atomic mass is 10.0. The molecule has 0 N–H and O–H groups in total. The van der Waals surface area contributed by atoms with E-state index in [9.17, 15) is 13.9 Å². The lowest BCUT2D eigenvalue weighted by Gasteiger charge is -2.00. The summed E-state index contributed by atoms with van der Waals surface area (Å²) in [5.41, 5.74) is 0. The molecule has 0 amide bonds. The van der Waals surface area contributed by atoms with Gasteiger partial charge >= 0.3 is 5.12 Å². The minimum Gasteiger partial charge on any atom is -0.610 e. The number of fused-ring (bicyclic) bond motifs is 1. The van der Waals surface area contributed by atoms with Crippen LogP contribution < -0.4 is 0 Å². The van der Waals surface area contributed by atoms with E-state index in [2.05, 4.69) is 0 Å². The van der Waals surface area contributed by atoms with Crippen LogP contribution in [0.1, 0.15) is 0 Å². The van der Waals surface area contributed by atoms with Crippen molar-refractivity contribution < 1.29 is 13.9 Å². The van der Waals surface area contributed by atoms with Gasteiger partial charge in [-0.1, -0.05) is 18.2 Å². The van der Waals surface area contributed by atoms with Crippen LogP contribution in [0.2, 0.25) is 0 Å². The highest BCUT2D eigenvalue weighted by atomic mass is 33.2. The maximum atomic E-state index is 11.3. The molecule has 3 atom stereocenters. The van der Waals surface area contributed by atoms with E-state index in [0.29, 0.717) is 4.86 Å². The number of hydrogen-bond donors (Lipinski definition) is 0. The average molecular weight is 202 g/mol. The van der Waals surface area contributed by atoms with E-state index in [4.69, 9.17) is 0 Å². The van der Waals surface area contributed by atoms with Crippen LogP contribution >= 0.6 is 0 Å². The molecule has 3 nitrogen and oxygen atoms in total. The largest absolute Gasteiger partial charge is 0.610 e. The highest BCUT2D eigenvalue weighted by molar-refractivity contribution is 8.72. The van der Waals surface area contributed by atoms with Crippen molar-refractivity contribution in [2.45, 2.75) is 0 Å². The number of allylic oxidation sites excluding steroid dienone is 4. The molecule has 0 spiro atoms. The van der Waals surface area contributed by atoms with E-state index in [0.717, 1.165) is 0 Å². The molecule has 5 heteroatoms. The smallest absolute Gasteiger partial charge is 0.391 e. The molecule has 2 rings (SSSR count). The van der Waals surface area contributed by atoms with Crippen LogP contribution in [0.5, 0.6) is 0 Å². The summed E-state index contributed by atoms with van der Waals surface area (Å²) in [6.45, 7) is 0. The Bertz CT molecular complexity index is 330. The fourth-order valence-corrected chi connectivity index (χ4v) is 4.62. The third kappa shape index (κ3) is 1.01. The molecule has 0 aromatic carbocycles.